The Labute approximate surface area is 208 Å². The van der Waals surface area contributed by atoms with Crippen LogP contribution in [0.15, 0.2) is 102 Å². The Balaban J connectivity index is 1.69. The second-order valence-corrected chi connectivity index (χ2v) is 8.83. The first kappa shape index (κ1) is 22.1. The van der Waals surface area contributed by atoms with Crippen molar-refractivity contribution >= 4 is 34.7 Å². The normalized spacial score (nSPS) is 15.6. The molecule has 0 radical (unpaired) electrons. The number of carbonyl (C=O) groups is 1. The van der Waals surface area contributed by atoms with Gasteiger partial charge in [-0.2, -0.15) is 5.10 Å². The van der Waals surface area contributed by atoms with Crippen LogP contribution in [0.25, 0.3) is 16.9 Å². The van der Waals surface area contributed by atoms with Crippen LogP contribution in [0.1, 0.15) is 28.9 Å². The minimum atomic E-state index is -0.482. The molecule has 168 valence electrons. The second kappa shape index (κ2) is 9.25. The molecule has 0 saturated carbocycles. The molecule has 2 heterocycles. The summed E-state index contributed by atoms with van der Waals surface area (Å²) >= 11 is 11.6. The summed E-state index contributed by atoms with van der Waals surface area (Å²) in [4.78, 5) is 13.6. The van der Waals surface area contributed by atoms with Crippen LogP contribution in [0.3, 0.4) is 0 Å². The summed E-state index contributed by atoms with van der Waals surface area (Å²) in [5, 5.41) is 12.4. The highest BCUT2D eigenvalue weighted by Gasteiger charge is 2.33. The van der Waals surface area contributed by atoms with Crippen LogP contribution in [-0.4, -0.2) is 20.7 Å². The Bertz CT molecular complexity index is 1400. The Morgan fingerprint density at radius 3 is 2.29 bits per heavy atom. The molecule has 1 aliphatic rings. The van der Waals surface area contributed by atoms with Gasteiger partial charge in [0, 0.05) is 39.2 Å². The number of benzene rings is 3. The van der Waals surface area contributed by atoms with Gasteiger partial charge in [0.05, 0.1) is 17.4 Å². The minimum Gasteiger partial charge on any atom is -0.351 e. The molecule has 5 nitrogen and oxygen atoms in total. The zero-order valence-electron chi connectivity index (χ0n) is 18.3. The lowest BCUT2D eigenvalue weighted by molar-refractivity contribution is 0.102. The number of hydrogen-bond acceptors (Lipinski definition) is 3. The largest absolute Gasteiger partial charge is 0.351 e. The van der Waals surface area contributed by atoms with Crippen molar-refractivity contribution in [1.82, 2.24) is 20.4 Å². The van der Waals surface area contributed by atoms with Gasteiger partial charge < -0.3 is 10.6 Å². The third-order valence-corrected chi connectivity index (χ3v) is 6.21. The molecule has 1 atom stereocenters. The zero-order chi connectivity index (χ0) is 23.7. The lowest BCUT2D eigenvalue weighted by atomic mass is 9.89. The molecule has 1 aliphatic heterocycles. The first-order valence-corrected chi connectivity index (χ1v) is 11.6. The summed E-state index contributed by atoms with van der Waals surface area (Å²) in [6.07, 6.45) is 1.95. The molecule has 0 saturated heterocycles. The van der Waals surface area contributed by atoms with Gasteiger partial charge in [-0.25, -0.2) is 4.68 Å². The van der Waals surface area contributed by atoms with Crippen LogP contribution < -0.4 is 10.6 Å². The van der Waals surface area contributed by atoms with Gasteiger partial charge in [-0.15, -0.1) is 0 Å². The summed E-state index contributed by atoms with van der Waals surface area (Å²) in [6, 6.07) is 26.2. The SMILES string of the molecule is CC1=C(C(=O)c2ccccc2)[C@H](c2cn(-c3ccccc3)nc2-c2ccc(Cl)cc2)NC(=S)N1. The highest BCUT2D eigenvalue weighted by atomic mass is 35.5. The Morgan fingerprint density at radius 2 is 1.62 bits per heavy atom. The lowest BCUT2D eigenvalue weighted by Gasteiger charge is -2.30. The third kappa shape index (κ3) is 4.25. The van der Waals surface area contributed by atoms with Crippen LogP contribution in [0.4, 0.5) is 0 Å². The quantitative estimate of drug-likeness (QED) is 0.274. The number of Topliss-reactive ketones (excluding diaryl/α,β-unsaturated/α-hetero) is 1. The lowest BCUT2D eigenvalue weighted by Crippen LogP contribution is -2.45. The molecular formula is C27H21ClN4OS. The van der Waals surface area contributed by atoms with Gasteiger partial charge >= 0.3 is 0 Å². The molecule has 0 fully saturated rings. The van der Waals surface area contributed by atoms with Crippen molar-refractivity contribution < 1.29 is 4.79 Å². The Kier molecular flexibility index (Phi) is 6.01. The van der Waals surface area contributed by atoms with E-state index < -0.39 is 6.04 Å². The fourth-order valence-corrected chi connectivity index (χ4v) is 4.51. The number of nitrogens with one attached hydrogen (secondary N) is 2. The zero-order valence-corrected chi connectivity index (χ0v) is 19.9. The molecule has 0 bridgehead atoms. The number of hydrogen-bond donors (Lipinski definition) is 2. The van der Waals surface area contributed by atoms with E-state index in [1.165, 1.54) is 0 Å². The highest BCUT2D eigenvalue weighted by Crippen LogP contribution is 2.36. The molecule has 0 amide bonds. The van der Waals surface area contributed by atoms with Crippen molar-refractivity contribution in [3.8, 4) is 16.9 Å². The van der Waals surface area contributed by atoms with Crippen molar-refractivity contribution in [1.29, 1.82) is 0 Å². The number of carbonyl (C=O) groups excluding carboxylic acids is 1. The molecule has 0 spiro atoms. The van der Waals surface area contributed by atoms with Crippen LogP contribution in [0.5, 0.6) is 0 Å². The minimum absolute atomic E-state index is 0.0693. The van der Waals surface area contributed by atoms with E-state index >= 15 is 0 Å². The van der Waals surface area contributed by atoms with Gasteiger partial charge in [-0.05, 0) is 43.4 Å². The molecule has 0 unspecified atom stereocenters. The van der Waals surface area contributed by atoms with Crippen molar-refractivity contribution in [3.63, 3.8) is 0 Å². The van der Waals surface area contributed by atoms with Crippen LogP contribution in [0.2, 0.25) is 5.02 Å². The van der Waals surface area contributed by atoms with E-state index in [0.29, 0.717) is 21.3 Å². The molecule has 2 N–H and O–H groups in total. The van der Waals surface area contributed by atoms with E-state index in [-0.39, 0.29) is 5.78 Å². The van der Waals surface area contributed by atoms with Crippen molar-refractivity contribution in [2.24, 2.45) is 0 Å². The summed E-state index contributed by atoms with van der Waals surface area (Å²) in [5.74, 6) is -0.0693. The van der Waals surface area contributed by atoms with Crippen LogP contribution in [-0.2, 0) is 0 Å². The van der Waals surface area contributed by atoms with E-state index in [1.807, 2.05) is 103 Å². The van der Waals surface area contributed by atoms with Crippen LogP contribution in [0, 0.1) is 0 Å². The maximum atomic E-state index is 13.6. The fraction of sp³-hybridized carbons (Fsp3) is 0.0741. The maximum absolute atomic E-state index is 13.6. The summed E-state index contributed by atoms with van der Waals surface area (Å²) in [5.41, 5.74) is 5.32. The van der Waals surface area contributed by atoms with E-state index in [0.717, 1.165) is 28.2 Å². The smallest absolute Gasteiger partial charge is 0.193 e. The number of para-hydroxylation sites is 1. The van der Waals surface area contributed by atoms with Crippen LogP contribution >= 0.6 is 23.8 Å². The number of halogens is 1. The Morgan fingerprint density at radius 1 is 0.971 bits per heavy atom. The van der Waals surface area contributed by atoms with Gasteiger partial charge in [-0.1, -0.05) is 72.3 Å². The number of ketones is 1. The molecule has 4 aromatic rings. The number of allylic oxidation sites excluding steroid dienone is 1. The summed E-state index contributed by atoms with van der Waals surface area (Å²) in [6.45, 7) is 1.87. The van der Waals surface area contributed by atoms with Gasteiger partial charge in [0.1, 0.15) is 0 Å². The average molecular weight is 485 g/mol. The molecule has 34 heavy (non-hydrogen) atoms. The summed E-state index contributed by atoms with van der Waals surface area (Å²) in [7, 11) is 0. The predicted molar refractivity (Wildman–Crippen MR) is 139 cm³/mol. The van der Waals surface area contributed by atoms with Crippen molar-refractivity contribution in [2.45, 2.75) is 13.0 Å². The number of nitrogens with zero attached hydrogens (tertiary/aromatic N) is 2. The van der Waals surface area contributed by atoms with Gasteiger partial charge in [0.25, 0.3) is 0 Å². The molecule has 0 aliphatic carbocycles. The van der Waals surface area contributed by atoms with E-state index in [9.17, 15) is 4.79 Å². The average Bonchev–Trinajstić information content (AvgIpc) is 3.30. The number of thiocarbonyl (C=S) groups is 1. The molecule has 3 aromatic carbocycles. The van der Waals surface area contributed by atoms with E-state index in [1.54, 1.807) is 0 Å². The fourth-order valence-electron chi connectivity index (χ4n) is 4.12. The number of aromatic nitrogens is 2. The number of rotatable bonds is 5. The third-order valence-electron chi connectivity index (χ3n) is 5.74. The predicted octanol–water partition coefficient (Wildman–Crippen LogP) is 5.87. The molecule has 1 aromatic heterocycles. The molecule has 5 rings (SSSR count). The van der Waals surface area contributed by atoms with Gasteiger partial charge in [0.2, 0.25) is 0 Å². The van der Waals surface area contributed by atoms with Crippen molar-refractivity contribution in [2.75, 3.05) is 0 Å². The van der Waals surface area contributed by atoms with Gasteiger partial charge in [0.15, 0.2) is 10.9 Å². The topological polar surface area (TPSA) is 59.0 Å². The summed E-state index contributed by atoms with van der Waals surface area (Å²) < 4.78 is 1.83. The monoisotopic (exact) mass is 484 g/mol. The van der Waals surface area contributed by atoms with E-state index in [4.69, 9.17) is 28.9 Å². The van der Waals surface area contributed by atoms with Gasteiger partial charge in [-0.3, -0.25) is 4.79 Å². The first-order valence-electron chi connectivity index (χ1n) is 10.8. The van der Waals surface area contributed by atoms with E-state index in [2.05, 4.69) is 10.6 Å². The first-order chi connectivity index (χ1) is 16.5. The van der Waals surface area contributed by atoms with Crippen molar-refractivity contribution in [3.05, 3.63) is 119 Å². The Hall–Kier alpha value is -3.74. The maximum Gasteiger partial charge on any atom is 0.193 e. The standard InChI is InChI=1S/C27H21ClN4OS/c1-17-23(26(33)19-8-4-2-5-9-19)25(30-27(34)29-17)22-16-32(21-10-6-3-7-11-21)31-24(22)18-12-14-20(28)15-13-18/h2-16,25H,1H3,(H2,29,30,34)/t25-/m0/s1. The highest BCUT2D eigenvalue weighted by molar-refractivity contribution is 7.80. The molecular weight excluding hydrogens is 464 g/mol. The molecule has 7 heteroatoms. The second-order valence-electron chi connectivity index (χ2n) is 7.99.